The Morgan fingerprint density at radius 1 is 1.37 bits per heavy atom. The van der Waals surface area contributed by atoms with Gasteiger partial charge >= 0.3 is 0 Å². The van der Waals surface area contributed by atoms with Crippen LogP contribution >= 0.6 is 11.6 Å². The van der Waals surface area contributed by atoms with Crippen molar-refractivity contribution in [1.29, 1.82) is 0 Å². The van der Waals surface area contributed by atoms with Crippen molar-refractivity contribution in [3.8, 4) is 0 Å². The highest BCUT2D eigenvalue weighted by Crippen LogP contribution is 2.18. The summed E-state index contributed by atoms with van der Waals surface area (Å²) in [5, 5.41) is 2.83. The highest BCUT2D eigenvalue weighted by atomic mass is 35.5. The van der Waals surface area contributed by atoms with E-state index in [1.807, 2.05) is 0 Å². The van der Waals surface area contributed by atoms with Crippen LogP contribution in [0.5, 0.6) is 0 Å². The Morgan fingerprint density at radius 3 is 2.63 bits per heavy atom. The minimum atomic E-state index is -0.589. The van der Waals surface area contributed by atoms with E-state index in [4.69, 9.17) is 11.6 Å². The van der Waals surface area contributed by atoms with Gasteiger partial charge in [0, 0.05) is 6.54 Å². The van der Waals surface area contributed by atoms with Crippen molar-refractivity contribution in [2.45, 2.75) is 20.3 Å². The molecule has 0 spiro atoms. The molecule has 0 heterocycles. The maximum Gasteiger partial charge on any atom is 0.255 e. The molecule has 3 nitrogen and oxygen atoms in total. The van der Waals surface area contributed by atoms with Crippen molar-refractivity contribution >= 4 is 17.5 Å². The molecule has 19 heavy (non-hydrogen) atoms. The maximum atomic E-state index is 13.5. The standard InChI is InChI=1S/C14H20ClFN2O/c1-3-18(4-2)10-6-9-17-14(19)13-11(15)7-5-8-12(13)16/h5,7-8H,3-4,6,9-10H2,1-2H3,(H,17,19). The Hall–Kier alpha value is -1.13. The van der Waals surface area contributed by atoms with Crippen LogP contribution in [0.4, 0.5) is 4.39 Å². The second-order valence-corrected chi connectivity index (χ2v) is 4.64. The van der Waals surface area contributed by atoms with Gasteiger partial charge in [-0.15, -0.1) is 0 Å². The number of rotatable bonds is 7. The zero-order valence-electron chi connectivity index (χ0n) is 11.4. The molecular weight excluding hydrogens is 267 g/mol. The SMILES string of the molecule is CCN(CC)CCCNC(=O)c1c(F)cccc1Cl. The fourth-order valence-corrected chi connectivity index (χ4v) is 2.10. The smallest absolute Gasteiger partial charge is 0.255 e. The third-order valence-electron chi connectivity index (χ3n) is 3.02. The van der Waals surface area contributed by atoms with Crippen LogP contribution < -0.4 is 5.32 Å². The first-order chi connectivity index (χ1) is 9.10. The molecule has 0 fully saturated rings. The average Bonchev–Trinajstić information content (AvgIpc) is 2.38. The Kier molecular flexibility index (Phi) is 6.81. The van der Waals surface area contributed by atoms with Crippen LogP contribution in [-0.4, -0.2) is 37.0 Å². The van der Waals surface area contributed by atoms with Gasteiger partial charge < -0.3 is 10.2 Å². The Bertz CT molecular complexity index is 402. The summed E-state index contributed by atoms with van der Waals surface area (Å²) in [7, 11) is 0. The van der Waals surface area contributed by atoms with Gasteiger partial charge in [0.2, 0.25) is 0 Å². The summed E-state index contributed by atoms with van der Waals surface area (Å²) in [6.45, 7) is 7.61. The van der Waals surface area contributed by atoms with Gasteiger partial charge in [-0.3, -0.25) is 4.79 Å². The minimum Gasteiger partial charge on any atom is -0.352 e. The molecule has 1 N–H and O–H groups in total. The molecule has 0 saturated heterocycles. The van der Waals surface area contributed by atoms with Crippen LogP contribution in [0.15, 0.2) is 18.2 Å². The molecule has 0 aliphatic heterocycles. The van der Waals surface area contributed by atoms with Crippen molar-refractivity contribution < 1.29 is 9.18 Å². The molecule has 0 bridgehead atoms. The molecule has 0 aliphatic rings. The summed E-state index contributed by atoms with van der Waals surface area (Å²) in [4.78, 5) is 14.1. The number of hydrogen-bond donors (Lipinski definition) is 1. The van der Waals surface area contributed by atoms with E-state index in [1.165, 1.54) is 18.2 Å². The van der Waals surface area contributed by atoms with Gasteiger partial charge in [0.05, 0.1) is 10.6 Å². The lowest BCUT2D eigenvalue weighted by molar-refractivity contribution is 0.0948. The number of benzene rings is 1. The second-order valence-electron chi connectivity index (χ2n) is 4.23. The van der Waals surface area contributed by atoms with E-state index in [0.717, 1.165) is 26.1 Å². The van der Waals surface area contributed by atoms with Gasteiger partial charge in [-0.2, -0.15) is 0 Å². The lowest BCUT2D eigenvalue weighted by Crippen LogP contribution is -2.30. The number of halogens is 2. The summed E-state index contributed by atoms with van der Waals surface area (Å²) in [5.41, 5.74) is -0.0768. The number of nitrogens with one attached hydrogen (secondary N) is 1. The molecule has 0 aliphatic carbocycles. The number of carbonyl (C=O) groups excluding carboxylic acids is 1. The quantitative estimate of drug-likeness (QED) is 0.782. The zero-order valence-corrected chi connectivity index (χ0v) is 12.1. The molecule has 0 aromatic heterocycles. The van der Waals surface area contributed by atoms with E-state index in [1.54, 1.807) is 0 Å². The van der Waals surface area contributed by atoms with Gasteiger partial charge in [0.25, 0.3) is 5.91 Å². The molecule has 5 heteroatoms. The second kappa shape index (κ2) is 8.12. The van der Waals surface area contributed by atoms with Gasteiger partial charge in [-0.25, -0.2) is 4.39 Å². The van der Waals surface area contributed by atoms with E-state index in [9.17, 15) is 9.18 Å². The van der Waals surface area contributed by atoms with Crippen molar-refractivity contribution in [3.63, 3.8) is 0 Å². The van der Waals surface area contributed by atoms with Gasteiger partial charge in [-0.05, 0) is 38.2 Å². The average molecular weight is 287 g/mol. The molecule has 106 valence electrons. The Balaban J connectivity index is 2.44. The largest absolute Gasteiger partial charge is 0.352 e. The normalized spacial score (nSPS) is 10.8. The number of amides is 1. The van der Waals surface area contributed by atoms with Crippen LogP contribution in [0.1, 0.15) is 30.6 Å². The molecule has 0 radical (unpaired) electrons. The first kappa shape index (κ1) is 15.9. The lowest BCUT2D eigenvalue weighted by atomic mass is 10.2. The number of carbonyl (C=O) groups is 1. The first-order valence-electron chi connectivity index (χ1n) is 6.54. The van der Waals surface area contributed by atoms with Crippen LogP contribution in [-0.2, 0) is 0 Å². The van der Waals surface area contributed by atoms with E-state index >= 15 is 0 Å². The third-order valence-corrected chi connectivity index (χ3v) is 3.34. The van der Waals surface area contributed by atoms with E-state index in [0.29, 0.717) is 6.54 Å². The lowest BCUT2D eigenvalue weighted by Gasteiger charge is -2.17. The molecule has 1 rings (SSSR count). The molecule has 1 aromatic carbocycles. The van der Waals surface area contributed by atoms with Gasteiger partial charge in [0.1, 0.15) is 5.82 Å². The predicted octanol–water partition coefficient (Wildman–Crippen LogP) is 2.94. The fraction of sp³-hybridized carbons (Fsp3) is 0.500. The van der Waals surface area contributed by atoms with E-state index in [-0.39, 0.29) is 10.6 Å². The molecule has 0 unspecified atom stereocenters. The van der Waals surface area contributed by atoms with Gasteiger partial charge in [-0.1, -0.05) is 31.5 Å². The summed E-state index contributed by atoms with van der Waals surface area (Å²) in [6, 6.07) is 4.22. The van der Waals surface area contributed by atoms with Crippen LogP contribution in [0.25, 0.3) is 0 Å². The maximum absolute atomic E-state index is 13.5. The first-order valence-corrected chi connectivity index (χ1v) is 6.92. The summed E-state index contributed by atoms with van der Waals surface area (Å²) in [6.07, 6.45) is 0.833. The molecule has 0 atom stereocenters. The zero-order chi connectivity index (χ0) is 14.3. The Morgan fingerprint density at radius 2 is 2.05 bits per heavy atom. The molecule has 0 saturated carbocycles. The number of hydrogen-bond acceptors (Lipinski definition) is 2. The van der Waals surface area contributed by atoms with Crippen molar-refractivity contribution in [2.75, 3.05) is 26.2 Å². The van der Waals surface area contributed by atoms with Crippen LogP contribution in [0.3, 0.4) is 0 Å². The molecule has 1 amide bonds. The fourth-order valence-electron chi connectivity index (χ4n) is 1.85. The van der Waals surface area contributed by atoms with E-state index in [2.05, 4.69) is 24.1 Å². The molecular formula is C14H20ClFN2O. The third kappa shape index (κ3) is 4.80. The minimum absolute atomic E-state index is 0.0768. The predicted molar refractivity (Wildman–Crippen MR) is 76.1 cm³/mol. The van der Waals surface area contributed by atoms with Crippen molar-refractivity contribution in [2.24, 2.45) is 0 Å². The van der Waals surface area contributed by atoms with Crippen LogP contribution in [0.2, 0.25) is 5.02 Å². The summed E-state index contributed by atoms with van der Waals surface area (Å²) in [5.74, 6) is -1.05. The summed E-state index contributed by atoms with van der Waals surface area (Å²) < 4.78 is 13.5. The molecule has 1 aromatic rings. The van der Waals surface area contributed by atoms with Crippen LogP contribution in [0, 0.1) is 5.82 Å². The highest BCUT2D eigenvalue weighted by Gasteiger charge is 2.14. The number of nitrogens with zero attached hydrogens (tertiary/aromatic N) is 1. The van der Waals surface area contributed by atoms with Crippen molar-refractivity contribution in [3.05, 3.63) is 34.6 Å². The topological polar surface area (TPSA) is 32.3 Å². The summed E-state index contributed by atoms with van der Waals surface area (Å²) >= 11 is 5.82. The van der Waals surface area contributed by atoms with Gasteiger partial charge in [0.15, 0.2) is 0 Å². The van der Waals surface area contributed by atoms with Crippen molar-refractivity contribution in [1.82, 2.24) is 10.2 Å². The Labute approximate surface area is 118 Å². The monoisotopic (exact) mass is 286 g/mol. The highest BCUT2D eigenvalue weighted by molar-refractivity contribution is 6.33. The van der Waals surface area contributed by atoms with E-state index < -0.39 is 11.7 Å².